The zero-order valence-corrected chi connectivity index (χ0v) is 16.7. The molecule has 1 heterocycles. The molecule has 0 aliphatic carbocycles. The molecule has 7 nitrogen and oxygen atoms in total. The minimum absolute atomic E-state index is 0.170. The molecule has 0 aliphatic rings. The standard InChI is InChI=1S/C23H24N4O3/c1-30-16-19-6-2-3-8-21(19)22(28)25-15-18-5-4-7-20(13-18)27-23(29)26-14-17-9-11-24-12-10-17/h2-13H,14-16H2,1H3,(H,25,28)(H2,26,27,29). The molecule has 3 amide bonds. The number of pyridine rings is 1. The molecule has 3 rings (SSSR count). The molecule has 3 aromatic rings. The van der Waals surface area contributed by atoms with Crippen molar-refractivity contribution in [2.24, 2.45) is 0 Å². The Morgan fingerprint density at radius 1 is 0.900 bits per heavy atom. The number of nitrogens with one attached hydrogen (secondary N) is 3. The molecule has 154 valence electrons. The van der Waals surface area contributed by atoms with Gasteiger partial charge in [-0.1, -0.05) is 30.3 Å². The first-order chi connectivity index (χ1) is 14.7. The second-order valence-corrected chi connectivity index (χ2v) is 6.64. The van der Waals surface area contributed by atoms with Gasteiger partial charge in [-0.05, 0) is 47.0 Å². The summed E-state index contributed by atoms with van der Waals surface area (Å²) in [6.07, 6.45) is 3.36. The maximum Gasteiger partial charge on any atom is 0.319 e. The Morgan fingerprint density at radius 2 is 1.67 bits per heavy atom. The third-order valence-electron chi connectivity index (χ3n) is 4.40. The van der Waals surface area contributed by atoms with Crippen molar-refractivity contribution in [2.45, 2.75) is 19.7 Å². The van der Waals surface area contributed by atoms with E-state index in [0.29, 0.717) is 30.9 Å². The molecule has 2 aromatic carbocycles. The van der Waals surface area contributed by atoms with Crippen LogP contribution in [0.4, 0.5) is 10.5 Å². The molecule has 0 atom stereocenters. The van der Waals surface area contributed by atoms with E-state index in [1.165, 1.54) is 0 Å². The van der Waals surface area contributed by atoms with Crippen LogP contribution in [0.5, 0.6) is 0 Å². The minimum atomic E-state index is -0.304. The largest absolute Gasteiger partial charge is 0.380 e. The highest BCUT2D eigenvalue weighted by molar-refractivity contribution is 5.95. The van der Waals surface area contributed by atoms with Crippen LogP contribution in [0.3, 0.4) is 0 Å². The minimum Gasteiger partial charge on any atom is -0.380 e. The summed E-state index contributed by atoms with van der Waals surface area (Å²) < 4.78 is 5.15. The SMILES string of the molecule is COCc1ccccc1C(=O)NCc1cccc(NC(=O)NCc2ccncc2)c1. The van der Waals surface area contributed by atoms with Gasteiger partial charge in [-0.2, -0.15) is 0 Å². The van der Waals surface area contributed by atoms with Crippen LogP contribution in [0.2, 0.25) is 0 Å². The van der Waals surface area contributed by atoms with Gasteiger partial charge < -0.3 is 20.7 Å². The molecule has 0 unspecified atom stereocenters. The van der Waals surface area contributed by atoms with Crippen molar-refractivity contribution in [1.29, 1.82) is 0 Å². The Kier molecular flexibility index (Phi) is 7.51. The monoisotopic (exact) mass is 404 g/mol. The Morgan fingerprint density at radius 3 is 2.47 bits per heavy atom. The maximum atomic E-state index is 12.5. The van der Waals surface area contributed by atoms with Crippen molar-refractivity contribution < 1.29 is 14.3 Å². The van der Waals surface area contributed by atoms with E-state index in [-0.39, 0.29) is 11.9 Å². The fourth-order valence-electron chi connectivity index (χ4n) is 2.92. The van der Waals surface area contributed by atoms with E-state index in [9.17, 15) is 9.59 Å². The molecule has 30 heavy (non-hydrogen) atoms. The predicted octanol–water partition coefficient (Wildman–Crippen LogP) is 3.48. The van der Waals surface area contributed by atoms with Gasteiger partial charge in [0.25, 0.3) is 5.91 Å². The number of urea groups is 1. The topological polar surface area (TPSA) is 92.4 Å². The summed E-state index contributed by atoms with van der Waals surface area (Å²) in [5.74, 6) is -0.170. The Balaban J connectivity index is 1.54. The van der Waals surface area contributed by atoms with Gasteiger partial charge in [0.15, 0.2) is 0 Å². The summed E-state index contributed by atoms with van der Waals surface area (Å²) in [5, 5.41) is 8.51. The summed E-state index contributed by atoms with van der Waals surface area (Å²) in [6, 6.07) is 18.1. The number of anilines is 1. The summed E-state index contributed by atoms with van der Waals surface area (Å²) >= 11 is 0. The molecule has 0 saturated carbocycles. The van der Waals surface area contributed by atoms with Crippen LogP contribution in [0.25, 0.3) is 0 Å². The number of ether oxygens (including phenoxy) is 1. The summed E-state index contributed by atoms with van der Waals surface area (Å²) in [5.41, 5.74) is 3.90. The van der Waals surface area contributed by atoms with E-state index >= 15 is 0 Å². The number of carbonyl (C=O) groups is 2. The quantitative estimate of drug-likeness (QED) is 0.536. The van der Waals surface area contributed by atoms with Gasteiger partial charge >= 0.3 is 6.03 Å². The van der Waals surface area contributed by atoms with Gasteiger partial charge in [-0.25, -0.2) is 4.79 Å². The Bertz CT molecular complexity index is 993. The van der Waals surface area contributed by atoms with Gasteiger partial charge in [-0.3, -0.25) is 9.78 Å². The molecule has 0 fully saturated rings. The lowest BCUT2D eigenvalue weighted by atomic mass is 10.1. The first-order valence-corrected chi connectivity index (χ1v) is 9.53. The molecule has 0 saturated heterocycles. The fourth-order valence-corrected chi connectivity index (χ4v) is 2.92. The smallest absolute Gasteiger partial charge is 0.319 e. The Labute approximate surface area is 175 Å². The number of nitrogens with zero attached hydrogens (tertiary/aromatic N) is 1. The molecular weight excluding hydrogens is 380 g/mol. The lowest BCUT2D eigenvalue weighted by Gasteiger charge is -2.11. The number of aromatic nitrogens is 1. The third-order valence-corrected chi connectivity index (χ3v) is 4.40. The molecule has 0 bridgehead atoms. The average molecular weight is 404 g/mol. The molecule has 3 N–H and O–H groups in total. The van der Waals surface area contributed by atoms with Crippen molar-refractivity contribution in [2.75, 3.05) is 12.4 Å². The van der Waals surface area contributed by atoms with Crippen molar-refractivity contribution in [3.8, 4) is 0 Å². The number of hydrogen-bond acceptors (Lipinski definition) is 4. The van der Waals surface area contributed by atoms with Crippen LogP contribution in [-0.2, 0) is 24.4 Å². The number of carbonyl (C=O) groups excluding carboxylic acids is 2. The lowest BCUT2D eigenvalue weighted by Crippen LogP contribution is -2.28. The van der Waals surface area contributed by atoms with Gasteiger partial charge in [0.1, 0.15) is 0 Å². The number of amides is 3. The van der Waals surface area contributed by atoms with Crippen LogP contribution < -0.4 is 16.0 Å². The number of rotatable bonds is 8. The normalized spacial score (nSPS) is 10.3. The van der Waals surface area contributed by atoms with Gasteiger partial charge in [-0.15, -0.1) is 0 Å². The van der Waals surface area contributed by atoms with E-state index in [1.54, 1.807) is 31.6 Å². The molecule has 0 radical (unpaired) electrons. The Hall–Kier alpha value is -3.71. The molecule has 1 aromatic heterocycles. The molecule has 0 spiro atoms. The van der Waals surface area contributed by atoms with Crippen LogP contribution in [0, 0.1) is 0 Å². The highest BCUT2D eigenvalue weighted by Crippen LogP contribution is 2.13. The van der Waals surface area contributed by atoms with Crippen LogP contribution in [0.1, 0.15) is 27.0 Å². The summed E-state index contributed by atoms with van der Waals surface area (Å²) in [4.78, 5) is 28.6. The number of hydrogen-bond donors (Lipinski definition) is 3. The molecule has 7 heteroatoms. The van der Waals surface area contributed by atoms with Gasteiger partial charge in [0.05, 0.1) is 6.61 Å². The third kappa shape index (κ3) is 6.15. The summed E-state index contributed by atoms with van der Waals surface area (Å²) in [7, 11) is 1.60. The second kappa shape index (κ2) is 10.7. The van der Waals surface area contributed by atoms with E-state index in [0.717, 1.165) is 16.7 Å². The lowest BCUT2D eigenvalue weighted by molar-refractivity contribution is 0.0946. The molecule has 0 aliphatic heterocycles. The predicted molar refractivity (Wildman–Crippen MR) is 115 cm³/mol. The van der Waals surface area contributed by atoms with E-state index in [1.807, 2.05) is 48.5 Å². The van der Waals surface area contributed by atoms with Crippen LogP contribution in [0.15, 0.2) is 73.1 Å². The fraction of sp³-hybridized carbons (Fsp3) is 0.174. The zero-order chi connectivity index (χ0) is 21.2. The molecular formula is C23H24N4O3. The first kappa shape index (κ1) is 21.0. The van der Waals surface area contributed by atoms with Crippen molar-refractivity contribution in [3.05, 3.63) is 95.3 Å². The number of benzene rings is 2. The summed E-state index contributed by atoms with van der Waals surface area (Å²) in [6.45, 7) is 1.12. The van der Waals surface area contributed by atoms with Crippen LogP contribution >= 0.6 is 0 Å². The number of methoxy groups -OCH3 is 1. The van der Waals surface area contributed by atoms with Crippen molar-refractivity contribution in [3.63, 3.8) is 0 Å². The maximum absolute atomic E-state index is 12.5. The van der Waals surface area contributed by atoms with Crippen LogP contribution in [-0.4, -0.2) is 24.0 Å². The van der Waals surface area contributed by atoms with E-state index in [2.05, 4.69) is 20.9 Å². The highest BCUT2D eigenvalue weighted by Gasteiger charge is 2.10. The van der Waals surface area contributed by atoms with Gasteiger partial charge in [0.2, 0.25) is 0 Å². The highest BCUT2D eigenvalue weighted by atomic mass is 16.5. The van der Waals surface area contributed by atoms with Crippen molar-refractivity contribution >= 4 is 17.6 Å². The zero-order valence-electron chi connectivity index (χ0n) is 16.7. The second-order valence-electron chi connectivity index (χ2n) is 6.64. The first-order valence-electron chi connectivity index (χ1n) is 9.53. The van der Waals surface area contributed by atoms with E-state index in [4.69, 9.17) is 4.74 Å². The van der Waals surface area contributed by atoms with Gasteiger partial charge in [0, 0.05) is 43.8 Å². The average Bonchev–Trinajstić information content (AvgIpc) is 2.78. The van der Waals surface area contributed by atoms with Crippen molar-refractivity contribution in [1.82, 2.24) is 15.6 Å². The van der Waals surface area contributed by atoms with E-state index < -0.39 is 0 Å².